The molecule has 2 heterocycles. The van der Waals surface area contributed by atoms with Gasteiger partial charge in [0.15, 0.2) is 0 Å². The fraction of sp³-hybridized carbons (Fsp3) is 0.438. The molecule has 1 aromatic heterocycles. The summed E-state index contributed by atoms with van der Waals surface area (Å²) in [6, 6.07) is 7.71. The Hall–Kier alpha value is -1.50. The van der Waals surface area contributed by atoms with E-state index in [1.54, 1.807) is 10.5 Å². The SMILES string of the molecule is CNC1CCCN(S(=O)(=O)c2c(C)ccc3cccnc23)C1. The van der Waals surface area contributed by atoms with Crippen molar-refractivity contribution in [1.29, 1.82) is 0 Å². The molecule has 1 atom stereocenters. The molecule has 5 nitrogen and oxygen atoms in total. The summed E-state index contributed by atoms with van der Waals surface area (Å²) in [6.45, 7) is 2.92. The van der Waals surface area contributed by atoms with Crippen molar-refractivity contribution in [3.05, 3.63) is 36.0 Å². The third-order valence-corrected chi connectivity index (χ3v) is 6.36. The maximum Gasteiger partial charge on any atom is 0.245 e. The van der Waals surface area contributed by atoms with Crippen LogP contribution in [0.1, 0.15) is 18.4 Å². The molecule has 6 heteroatoms. The van der Waals surface area contributed by atoms with Crippen LogP contribution >= 0.6 is 0 Å². The van der Waals surface area contributed by atoms with Crippen molar-refractivity contribution in [2.45, 2.75) is 30.7 Å². The largest absolute Gasteiger partial charge is 0.316 e. The van der Waals surface area contributed by atoms with Crippen molar-refractivity contribution in [3.8, 4) is 0 Å². The first-order valence-electron chi connectivity index (χ1n) is 7.56. The number of fused-ring (bicyclic) bond motifs is 1. The monoisotopic (exact) mass is 319 g/mol. The fourth-order valence-electron chi connectivity index (χ4n) is 3.07. The first-order chi connectivity index (χ1) is 10.5. The number of hydrogen-bond acceptors (Lipinski definition) is 4. The summed E-state index contributed by atoms with van der Waals surface area (Å²) in [5.41, 5.74) is 1.31. The van der Waals surface area contributed by atoms with Crippen LogP contribution in [0.15, 0.2) is 35.4 Å². The molecule has 0 aliphatic carbocycles. The van der Waals surface area contributed by atoms with Gasteiger partial charge in [0.2, 0.25) is 10.0 Å². The van der Waals surface area contributed by atoms with E-state index < -0.39 is 10.0 Å². The molecule has 1 saturated heterocycles. The number of nitrogens with zero attached hydrogens (tertiary/aromatic N) is 2. The van der Waals surface area contributed by atoms with E-state index in [0.717, 1.165) is 23.8 Å². The summed E-state index contributed by atoms with van der Waals surface area (Å²) < 4.78 is 27.9. The third-order valence-electron chi connectivity index (χ3n) is 4.32. The van der Waals surface area contributed by atoms with Gasteiger partial charge in [0, 0.05) is 30.7 Å². The summed E-state index contributed by atoms with van der Waals surface area (Å²) in [4.78, 5) is 4.67. The Bertz CT molecular complexity index is 789. The van der Waals surface area contributed by atoms with Gasteiger partial charge in [-0.3, -0.25) is 4.98 Å². The van der Waals surface area contributed by atoms with Gasteiger partial charge >= 0.3 is 0 Å². The number of aryl methyl sites for hydroxylation is 1. The molecule has 1 aliphatic rings. The summed E-state index contributed by atoms with van der Waals surface area (Å²) in [7, 11) is -1.65. The molecule has 1 aromatic carbocycles. The van der Waals surface area contributed by atoms with Gasteiger partial charge in [-0.2, -0.15) is 4.31 Å². The number of pyridine rings is 1. The Balaban J connectivity index is 2.11. The highest BCUT2D eigenvalue weighted by Gasteiger charge is 2.32. The van der Waals surface area contributed by atoms with Gasteiger partial charge in [0.1, 0.15) is 4.90 Å². The van der Waals surface area contributed by atoms with E-state index >= 15 is 0 Å². The van der Waals surface area contributed by atoms with Gasteiger partial charge in [-0.25, -0.2) is 8.42 Å². The van der Waals surface area contributed by atoms with Crippen LogP contribution in [0.3, 0.4) is 0 Å². The van der Waals surface area contributed by atoms with E-state index in [0.29, 0.717) is 23.5 Å². The smallest absolute Gasteiger partial charge is 0.245 e. The van der Waals surface area contributed by atoms with Crippen LogP contribution in [-0.4, -0.2) is 43.9 Å². The molecular formula is C16H21N3O2S. The molecule has 3 rings (SSSR count). The first-order valence-corrected chi connectivity index (χ1v) is 9.00. The van der Waals surface area contributed by atoms with E-state index in [2.05, 4.69) is 10.3 Å². The Labute approximate surface area is 131 Å². The Morgan fingerprint density at radius 2 is 2.14 bits per heavy atom. The molecule has 0 amide bonds. The van der Waals surface area contributed by atoms with Gasteiger partial charge in [0.25, 0.3) is 0 Å². The Kier molecular flexibility index (Phi) is 4.16. The van der Waals surface area contributed by atoms with Crippen LogP contribution in [0.5, 0.6) is 0 Å². The standard InChI is InChI=1S/C16H21N3O2S/c1-12-7-8-13-5-3-9-18-15(13)16(12)22(20,21)19-10-4-6-14(11-19)17-2/h3,5,7-9,14,17H,4,6,10-11H2,1-2H3. The minimum Gasteiger partial charge on any atom is -0.316 e. The topological polar surface area (TPSA) is 62.3 Å². The number of hydrogen-bond donors (Lipinski definition) is 1. The molecule has 22 heavy (non-hydrogen) atoms. The van der Waals surface area contributed by atoms with E-state index in [1.165, 1.54) is 0 Å². The molecule has 2 aromatic rings. The maximum absolute atomic E-state index is 13.1. The Morgan fingerprint density at radius 3 is 2.91 bits per heavy atom. The molecule has 1 aliphatic heterocycles. The summed E-state index contributed by atoms with van der Waals surface area (Å²) in [5.74, 6) is 0. The van der Waals surface area contributed by atoms with Gasteiger partial charge < -0.3 is 5.32 Å². The number of rotatable bonds is 3. The lowest BCUT2D eigenvalue weighted by Gasteiger charge is -2.32. The molecule has 1 fully saturated rings. The van der Waals surface area contributed by atoms with Crippen LogP contribution in [0.4, 0.5) is 0 Å². The second-order valence-corrected chi connectivity index (χ2v) is 7.65. The average Bonchev–Trinajstić information content (AvgIpc) is 2.54. The molecule has 0 saturated carbocycles. The van der Waals surface area contributed by atoms with E-state index in [-0.39, 0.29) is 6.04 Å². The number of aromatic nitrogens is 1. The number of piperidine rings is 1. The van der Waals surface area contributed by atoms with Gasteiger partial charge in [-0.1, -0.05) is 18.2 Å². The van der Waals surface area contributed by atoms with Crippen LogP contribution in [-0.2, 0) is 10.0 Å². The third kappa shape index (κ3) is 2.62. The molecule has 1 unspecified atom stereocenters. The number of likely N-dealkylation sites (N-methyl/N-ethyl adjacent to an activating group) is 1. The zero-order valence-electron chi connectivity index (χ0n) is 12.9. The second-order valence-electron chi connectivity index (χ2n) is 5.78. The van der Waals surface area contributed by atoms with Crippen LogP contribution in [0, 0.1) is 6.92 Å². The molecular weight excluding hydrogens is 298 g/mol. The van der Waals surface area contributed by atoms with E-state index in [9.17, 15) is 8.42 Å². The highest BCUT2D eigenvalue weighted by molar-refractivity contribution is 7.89. The average molecular weight is 319 g/mol. The van der Waals surface area contributed by atoms with Gasteiger partial charge in [-0.15, -0.1) is 0 Å². The zero-order valence-corrected chi connectivity index (χ0v) is 13.7. The molecule has 0 spiro atoms. The highest BCUT2D eigenvalue weighted by atomic mass is 32.2. The lowest BCUT2D eigenvalue weighted by molar-refractivity contribution is 0.293. The zero-order chi connectivity index (χ0) is 15.7. The maximum atomic E-state index is 13.1. The van der Waals surface area contributed by atoms with Crippen molar-refractivity contribution < 1.29 is 8.42 Å². The van der Waals surface area contributed by atoms with Gasteiger partial charge in [0.05, 0.1) is 5.52 Å². The van der Waals surface area contributed by atoms with Crippen molar-refractivity contribution in [1.82, 2.24) is 14.6 Å². The lowest BCUT2D eigenvalue weighted by Crippen LogP contribution is -2.47. The van der Waals surface area contributed by atoms with Gasteiger partial charge in [-0.05, 0) is 38.4 Å². The van der Waals surface area contributed by atoms with Crippen molar-refractivity contribution >= 4 is 20.9 Å². The normalized spacial score (nSPS) is 20.4. The number of nitrogens with one attached hydrogen (secondary N) is 1. The predicted molar refractivity (Wildman–Crippen MR) is 87.3 cm³/mol. The van der Waals surface area contributed by atoms with E-state index in [4.69, 9.17) is 0 Å². The summed E-state index contributed by atoms with van der Waals surface area (Å²) in [6.07, 6.45) is 3.53. The quantitative estimate of drug-likeness (QED) is 0.939. The summed E-state index contributed by atoms with van der Waals surface area (Å²) in [5, 5.41) is 4.04. The van der Waals surface area contributed by atoms with Crippen molar-refractivity contribution in [3.63, 3.8) is 0 Å². The number of sulfonamides is 1. The Morgan fingerprint density at radius 1 is 1.32 bits per heavy atom. The first kappa shape index (κ1) is 15.4. The minimum atomic E-state index is -3.53. The molecule has 118 valence electrons. The lowest BCUT2D eigenvalue weighted by atomic mass is 10.1. The summed E-state index contributed by atoms with van der Waals surface area (Å²) >= 11 is 0. The number of benzene rings is 1. The predicted octanol–water partition coefficient (Wildman–Crippen LogP) is 1.92. The fourth-order valence-corrected chi connectivity index (χ4v) is 4.96. The second kappa shape index (κ2) is 5.95. The van der Waals surface area contributed by atoms with E-state index in [1.807, 2.05) is 38.2 Å². The minimum absolute atomic E-state index is 0.215. The van der Waals surface area contributed by atoms with Crippen LogP contribution in [0.25, 0.3) is 10.9 Å². The highest BCUT2D eigenvalue weighted by Crippen LogP contribution is 2.29. The molecule has 0 bridgehead atoms. The van der Waals surface area contributed by atoms with Crippen LogP contribution < -0.4 is 5.32 Å². The molecule has 0 radical (unpaired) electrons. The van der Waals surface area contributed by atoms with Crippen molar-refractivity contribution in [2.24, 2.45) is 0 Å². The van der Waals surface area contributed by atoms with Crippen LogP contribution in [0.2, 0.25) is 0 Å². The molecule has 1 N–H and O–H groups in total. The van der Waals surface area contributed by atoms with Crippen molar-refractivity contribution in [2.75, 3.05) is 20.1 Å².